The molecule has 57 heavy (non-hydrogen) atoms. The number of hydrogen-bond acceptors (Lipinski definition) is 5. The summed E-state index contributed by atoms with van der Waals surface area (Å²) in [6, 6.07) is 63.3. The molecule has 0 saturated carbocycles. The Labute approximate surface area is 330 Å². The van der Waals surface area contributed by atoms with Gasteiger partial charge >= 0.3 is 0 Å². The van der Waals surface area contributed by atoms with Crippen LogP contribution in [0.15, 0.2) is 180 Å². The fraction of sp³-hybridized carbons (Fsp3) is 0. The molecule has 0 atom stereocenters. The number of aromatic nitrogens is 2. The molecule has 3 aromatic heterocycles. The summed E-state index contributed by atoms with van der Waals surface area (Å²) in [5.41, 5.74) is 11.7. The average molecular weight is 744 g/mol. The van der Waals surface area contributed by atoms with Gasteiger partial charge in [0.1, 0.15) is 11.2 Å². The summed E-state index contributed by atoms with van der Waals surface area (Å²) >= 11 is 1.75. The molecule has 0 amide bonds. The summed E-state index contributed by atoms with van der Waals surface area (Å²) < 4.78 is 8.48. The molecule has 0 saturated heterocycles. The van der Waals surface area contributed by atoms with Crippen LogP contribution in [0.2, 0.25) is 0 Å². The SMILES string of the molecule is c1ccc2cc3c(cc2c1)-c1cccc2cccc(c12)N3c1ccc2cc(-c3nc(-c4ccc5oc6ccccc6c5c4)c4sc5ccccc5c4n3)ccc2c1. The molecule has 264 valence electrons. The molecular formula is C52H29N3OS. The van der Waals surface area contributed by atoms with Crippen molar-refractivity contribution in [3.05, 3.63) is 176 Å². The Kier molecular flexibility index (Phi) is 6.29. The van der Waals surface area contributed by atoms with Crippen molar-refractivity contribution >= 4 is 103 Å². The van der Waals surface area contributed by atoms with Crippen LogP contribution in [0.1, 0.15) is 0 Å². The Balaban J connectivity index is 0.976. The first kappa shape index (κ1) is 30.9. The highest BCUT2D eigenvalue weighted by atomic mass is 32.1. The maximum Gasteiger partial charge on any atom is 0.160 e. The van der Waals surface area contributed by atoms with Gasteiger partial charge in [-0.05, 0) is 99.2 Å². The number of furan rings is 1. The van der Waals surface area contributed by atoms with E-state index in [1.807, 2.05) is 12.1 Å². The van der Waals surface area contributed by atoms with Crippen molar-refractivity contribution in [1.29, 1.82) is 0 Å². The topological polar surface area (TPSA) is 42.2 Å². The molecule has 5 heteroatoms. The highest BCUT2D eigenvalue weighted by molar-refractivity contribution is 7.26. The van der Waals surface area contributed by atoms with Crippen LogP contribution >= 0.6 is 11.3 Å². The minimum atomic E-state index is 0.712. The zero-order valence-corrected chi connectivity index (χ0v) is 31.2. The van der Waals surface area contributed by atoms with Crippen LogP contribution in [-0.2, 0) is 0 Å². The average Bonchev–Trinajstić information content (AvgIpc) is 3.84. The molecule has 0 radical (unpaired) electrons. The monoisotopic (exact) mass is 743 g/mol. The van der Waals surface area contributed by atoms with Gasteiger partial charge in [-0.2, -0.15) is 0 Å². The fourth-order valence-corrected chi connectivity index (χ4v) is 10.2. The van der Waals surface area contributed by atoms with E-state index < -0.39 is 0 Å². The highest BCUT2D eigenvalue weighted by Crippen LogP contribution is 2.52. The molecule has 0 fully saturated rings. The lowest BCUT2D eigenvalue weighted by atomic mass is 9.89. The lowest BCUT2D eigenvalue weighted by Gasteiger charge is -2.34. The Morgan fingerprint density at radius 2 is 1.18 bits per heavy atom. The van der Waals surface area contributed by atoms with Crippen molar-refractivity contribution in [3.8, 4) is 33.8 Å². The van der Waals surface area contributed by atoms with Crippen molar-refractivity contribution < 1.29 is 4.42 Å². The molecule has 0 N–H and O–H groups in total. The maximum absolute atomic E-state index is 6.19. The van der Waals surface area contributed by atoms with E-state index in [-0.39, 0.29) is 0 Å². The summed E-state index contributed by atoms with van der Waals surface area (Å²) in [5.74, 6) is 0.712. The third kappa shape index (κ3) is 4.55. The first-order chi connectivity index (χ1) is 28.2. The lowest BCUT2D eigenvalue weighted by Crippen LogP contribution is -2.15. The van der Waals surface area contributed by atoms with Crippen LogP contribution in [0.25, 0.3) is 108 Å². The van der Waals surface area contributed by atoms with Gasteiger partial charge in [-0.15, -0.1) is 11.3 Å². The highest BCUT2D eigenvalue weighted by Gasteiger charge is 2.27. The van der Waals surface area contributed by atoms with Gasteiger partial charge in [-0.25, -0.2) is 9.97 Å². The van der Waals surface area contributed by atoms with E-state index in [0.29, 0.717) is 5.82 Å². The molecule has 12 aromatic rings. The number of fused-ring (bicyclic) bond motifs is 10. The zero-order chi connectivity index (χ0) is 37.2. The summed E-state index contributed by atoms with van der Waals surface area (Å²) in [7, 11) is 0. The standard InChI is InChI=1S/C52H29N3OS/c1-2-10-32-29-44-41(27-31(32)9-1)39-15-7-11-30-12-8-16-43(48(30)39)55(44)37-23-21-33-25-36(20-19-34(33)26-37)52-53-49(51-50(54-52)40-14-4-6-18-47(40)57-51)35-22-24-46-42(28-35)38-13-3-5-17-45(38)56-46/h1-29H. The van der Waals surface area contributed by atoms with E-state index in [2.05, 4.69) is 169 Å². The normalized spacial score (nSPS) is 12.5. The smallest absolute Gasteiger partial charge is 0.160 e. The van der Waals surface area contributed by atoms with Crippen LogP contribution in [-0.4, -0.2) is 9.97 Å². The van der Waals surface area contributed by atoms with Crippen molar-refractivity contribution in [2.24, 2.45) is 0 Å². The van der Waals surface area contributed by atoms with Crippen molar-refractivity contribution in [3.63, 3.8) is 0 Å². The molecule has 0 bridgehead atoms. The van der Waals surface area contributed by atoms with E-state index >= 15 is 0 Å². The Bertz CT molecular complexity index is 3670. The lowest BCUT2D eigenvalue weighted by molar-refractivity contribution is 0.669. The number of thiophene rings is 1. The van der Waals surface area contributed by atoms with Crippen LogP contribution in [0.4, 0.5) is 17.1 Å². The maximum atomic E-state index is 6.19. The van der Waals surface area contributed by atoms with Gasteiger partial charge in [0.2, 0.25) is 0 Å². The summed E-state index contributed by atoms with van der Waals surface area (Å²) in [6.45, 7) is 0. The third-order valence-electron chi connectivity index (χ3n) is 11.7. The number of hydrogen-bond donors (Lipinski definition) is 0. The van der Waals surface area contributed by atoms with Gasteiger partial charge in [-0.3, -0.25) is 0 Å². The third-order valence-corrected chi connectivity index (χ3v) is 12.9. The van der Waals surface area contributed by atoms with E-state index in [4.69, 9.17) is 14.4 Å². The summed E-state index contributed by atoms with van der Waals surface area (Å²) in [6.07, 6.45) is 0. The number of nitrogens with zero attached hydrogens (tertiary/aromatic N) is 3. The molecule has 0 aliphatic carbocycles. The van der Waals surface area contributed by atoms with Gasteiger partial charge in [0.05, 0.1) is 27.3 Å². The van der Waals surface area contributed by atoms with Gasteiger partial charge in [-0.1, -0.05) is 109 Å². The minimum Gasteiger partial charge on any atom is -0.456 e. The van der Waals surface area contributed by atoms with Crippen LogP contribution in [0, 0.1) is 0 Å². The quantitative estimate of drug-likeness (QED) is 0.181. The van der Waals surface area contributed by atoms with Crippen LogP contribution < -0.4 is 4.90 Å². The molecule has 0 unspecified atom stereocenters. The van der Waals surface area contributed by atoms with Gasteiger partial charge in [0.25, 0.3) is 0 Å². The Morgan fingerprint density at radius 1 is 0.456 bits per heavy atom. The molecule has 4 nitrogen and oxygen atoms in total. The fourth-order valence-electron chi connectivity index (χ4n) is 9.07. The van der Waals surface area contributed by atoms with Gasteiger partial charge in [0.15, 0.2) is 5.82 Å². The Hall–Kier alpha value is -7.34. The first-order valence-electron chi connectivity index (χ1n) is 19.2. The number of para-hydroxylation sites is 1. The predicted octanol–water partition coefficient (Wildman–Crippen LogP) is 15.0. The second kappa shape index (κ2) is 11.6. The van der Waals surface area contributed by atoms with E-state index in [0.717, 1.165) is 70.8 Å². The van der Waals surface area contributed by atoms with Crippen LogP contribution in [0.3, 0.4) is 0 Å². The predicted molar refractivity (Wildman–Crippen MR) is 239 cm³/mol. The number of rotatable bonds is 3. The molecule has 13 rings (SSSR count). The molecular weight excluding hydrogens is 715 g/mol. The van der Waals surface area contributed by atoms with E-state index in [1.165, 1.54) is 48.7 Å². The molecule has 1 aliphatic heterocycles. The number of anilines is 3. The molecule has 9 aromatic carbocycles. The van der Waals surface area contributed by atoms with E-state index in [9.17, 15) is 0 Å². The number of benzene rings is 9. The largest absolute Gasteiger partial charge is 0.456 e. The van der Waals surface area contributed by atoms with Crippen LogP contribution in [0.5, 0.6) is 0 Å². The zero-order valence-electron chi connectivity index (χ0n) is 30.4. The van der Waals surface area contributed by atoms with Gasteiger partial charge < -0.3 is 9.32 Å². The second-order valence-corrected chi connectivity index (χ2v) is 16.0. The van der Waals surface area contributed by atoms with Crippen molar-refractivity contribution in [2.75, 3.05) is 4.90 Å². The molecule has 0 spiro atoms. The Morgan fingerprint density at radius 3 is 2.11 bits per heavy atom. The summed E-state index contributed by atoms with van der Waals surface area (Å²) in [5, 5.41) is 10.6. The summed E-state index contributed by atoms with van der Waals surface area (Å²) in [4.78, 5) is 13.1. The van der Waals surface area contributed by atoms with Crippen molar-refractivity contribution in [2.45, 2.75) is 0 Å². The minimum absolute atomic E-state index is 0.712. The van der Waals surface area contributed by atoms with E-state index in [1.54, 1.807) is 11.3 Å². The van der Waals surface area contributed by atoms with Gasteiger partial charge in [0, 0.05) is 48.6 Å². The van der Waals surface area contributed by atoms with Crippen molar-refractivity contribution in [1.82, 2.24) is 9.97 Å². The molecule has 4 heterocycles. The first-order valence-corrected chi connectivity index (χ1v) is 20.0. The second-order valence-electron chi connectivity index (χ2n) is 15.0. The molecule has 1 aliphatic rings.